The minimum absolute atomic E-state index is 0.0579. The third-order valence-corrected chi connectivity index (χ3v) is 5.39. The number of aryl methyl sites for hydroxylation is 1. The Morgan fingerprint density at radius 2 is 1.91 bits per heavy atom. The average Bonchev–Trinajstić information content (AvgIpc) is 3.23. The Labute approximate surface area is 199 Å². The van der Waals surface area contributed by atoms with E-state index in [0.717, 1.165) is 29.6 Å². The van der Waals surface area contributed by atoms with Gasteiger partial charge in [0.1, 0.15) is 12.1 Å². The van der Waals surface area contributed by atoms with Gasteiger partial charge < -0.3 is 15.5 Å². The quantitative estimate of drug-likeness (QED) is 0.396. The third-order valence-electron chi connectivity index (χ3n) is 5.39. The van der Waals surface area contributed by atoms with Gasteiger partial charge in [-0.2, -0.15) is 18.3 Å². The summed E-state index contributed by atoms with van der Waals surface area (Å²) >= 11 is 0. The van der Waals surface area contributed by atoms with Gasteiger partial charge in [0.15, 0.2) is 5.65 Å². The lowest BCUT2D eigenvalue weighted by atomic mass is 10.1. The zero-order valence-electron chi connectivity index (χ0n) is 19.4. The van der Waals surface area contributed by atoms with Crippen molar-refractivity contribution >= 4 is 34.1 Å². The van der Waals surface area contributed by atoms with Crippen LogP contribution in [0, 0.1) is 6.92 Å². The number of fused-ring (bicyclic) bond motifs is 1. The maximum absolute atomic E-state index is 13.0. The van der Waals surface area contributed by atoms with Gasteiger partial charge in [0.05, 0.1) is 23.7 Å². The largest absolute Gasteiger partial charge is 0.416 e. The first-order valence-electron chi connectivity index (χ1n) is 10.8. The number of amides is 1. The number of hydrogen-bond acceptors (Lipinski definition) is 6. The van der Waals surface area contributed by atoms with Crippen LogP contribution in [0.5, 0.6) is 0 Å². The van der Waals surface area contributed by atoms with Crippen LogP contribution in [0.15, 0.2) is 55.0 Å². The number of likely N-dealkylation sites (N-methyl/N-ethyl adjacent to an activating group) is 1. The first kappa shape index (κ1) is 24.1. The molecule has 0 radical (unpaired) electrons. The van der Waals surface area contributed by atoms with Crippen molar-refractivity contribution in [3.8, 4) is 0 Å². The molecule has 0 saturated carbocycles. The fourth-order valence-electron chi connectivity index (χ4n) is 3.45. The lowest BCUT2D eigenvalue weighted by molar-refractivity contribution is -0.137. The summed E-state index contributed by atoms with van der Waals surface area (Å²) in [5.74, 6) is 0.00125. The number of carbonyl (C=O) groups is 1. The summed E-state index contributed by atoms with van der Waals surface area (Å²) in [6, 6.07) is 9.50. The molecule has 4 rings (SSSR count). The number of anilines is 3. The molecule has 8 nitrogen and oxygen atoms in total. The van der Waals surface area contributed by atoms with Crippen molar-refractivity contribution in [1.82, 2.24) is 24.6 Å². The lowest BCUT2D eigenvalue weighted by Crippen LogP contribution is -2.19. The predicted molar refractivity (Wildman–Crippen MR) is 128 cm³/mol. The van der Waals surface area contributed by atoms with Crippen LogP contribution in [0.1, 0.15) is 21.5 Å². The summed E-state index contributed by atoms with van der Waals surface area (Å²) in [7, 11) is 3.96. The van der Waals surface area contributed by atoms with Crippen molar-refractivity contribution in [1.29, 1.82) is 0 Å². The average molecular weight is 483 g/mol. The Morgan fingerprint density at radius 3 is 2.66 bits per heavy atom. The number of nitrogens with zero attached hydrogens (tertiary/aromatic N) is 5. The molecule has 0 fully saturated rings. The first-order valence-corrected chi connectivity index (χ1v) is 10.8. The molecule has 2 aromatic carbocycles. The molecule has 0 saturated heterocycles. The molecule has 0 bridgehead atoms. The normalized spacial score (nSPS) is 11.7. The van der Waals surface area contributed by atoms with Crippen LogP contribution in [0.4, 0.5) is 30.4 Å². The maximum atomic E-state index is 13.0. The molecule has 0 unspecified atom stereocenters. The van der Waals surface area contributed by atoms with Crippen LogP contribution >= 0.6 is 0 Å². The van der Waals surface area contributed by atoms with Crippen LogP contribution in [0.3, 0.4) is 0 Å². The molecule has 1 amide bonds. The van der Waals surface area contributed by atoms with E-state index in [4.69, 9.17) is 0 Å². The number of hydrogen-bond donors (Lipinski definition) is 2. The molecule has 2 heterocycles. The monoisotopic (exact) mass is 483 g/mol. The lowest BCUT2D eigenvalue weighted by Gasteiger charge is -2.13. The highest BCUT2D eigenvalue weighted by Crippen LogP contribution is 2.31. The Kier molecular flexibility index (Phi) is 6.70. The van der Waals surface area contributed by atoms with E-state index in [1.54, 1.807) is 29.1 Å². The van der Waals surface area contributed by atoms with E-state index >= 15 is 0 Å². The van der Waals surface area contributed by atoms with E-state index in [2.05, 4.69) is 25.7 Å². The van der Waals surface area contributed by atoms with Crippen molar-refractivity contribution in [2.45, 2.75) is 19.6 Å². The van der Waals surface area contributed by atoms with Gasteiger partial charge >= 0.3 is 6.18 Å². The molecular formula is C24H24F3N7O. The van der Waals surface area contributed by atoms with E-state index in [1.165, 1.54) is 18.5 Å². The smallest absolute Gasteiger partial charge is 0.339 e. The second-order valence-corrected chi connectivity index (χ2v) is 8.32. The van der Waals surface area contributed by atoms with Crippen molar-refractivity contribution in [2.24, 2.45) is 0 Å². The number of benzene rings is 2. The van der Waals surface area contributed by atoms with Crippen molar-refractivity contribution in [3.05, 3.63) is 71.7 Å². The number of halogens is 3. The van der Waals surface area contributed by atoms with Gasteiger partial charge in [-0.1, -0.05) is 12.1 Å². The minimum Gasteiger partial charge on any atom is -0.339 e. The summed E-state index contributed by atoms with van der Waals surface area (Å²) in [5.41, 5.74) is 1.67. The summed E-state index contributed by atoms with van der Waals surface area (Å²) in [5, 5.41) is 10.9. The maximum Gasteiger partial charge on any atom is 0.416 e. The van der Waals surface area contributed by atoms with Gasteiger partial charge in [0.25, 0.3) is 5.91 Å². The topological polar surface area (TPSA) is 88.0 Å². The highest BCUT2D eigenvalue weighted by molar-refractivity contribution is 6.05. The fourth-order valence-corrected chi connectivity index (χ4v) is 3.45. The highest BCUT2D eigenvalue weighted by atomic mass is 19.4. The summed E-state index contributed by atoms with van der Waals surface area (Å²) in [6.07, 6.45) is -1.37. The number of alkyl halides is 3. The van der Waals surface area contributed by atoms with E-state index in [9.17, 15) is 18.0 Å². The predicted octanol–water partition coefficient (Wildman–Crippen LogP) is 4.71. The van der Waals surface area contributed by atoms with Crippen molar-refractivity contribution < 1.29 is 18.0 Å². The van der Waals surface area contributed by atoms with Gasteiger partial charge in [0, 0.05) is 23.5 Å². The summed E-state index contributed by atoms with van der Waals surface area (Å²) in [4.78, 5) is 23.5. The molecule has 0 atom stereocenters. The van der Waals surface area contributed by atoms with E-state index < -0.39 is 17.6 Å². The zero-order chi connectivity index (χ0) is 25.2. The Balaban J connectivity index is 1.56. The number of carbonyl (C=O) groups excluding carboxylic acids is 1. The molecule has 0 aliphatic carbocycles. The Bertz CT molecular complexity index is 1360. The van der Waals surface area contributed by atoms with E-state index in [0.29, 0.717) is 23.7 Å². The molecule has 11 heteroatoms. The molecule has 2 N–H and O–H groups in total. The first-order chi connectivity index (χ1) is 16.6. The van der Waals surface area contributed by atoms with Gasteiger partial charge in [-0.3, -0.25) is 4.79 Å². The zero-order valence-corrected chi connectivity index (χ0v) is 19.4. The van der Waals surface area contributed by atoms with Gasteiger partial charge in [0.2, 0.25) is 0 Å². The van der Waals surface area contributed by atoms with Crippen LogP contribution in [-0.4, -0.2) is 51.2 Å². The number of aromatic nitrogens is 4. The molecule has 0 aliphatic rings. The standard InChI is InChI=1S/C24H24F3N7O/c1-15-7-8-16(23(35)31-18-6-4-5-17(12-18)24(25,26)27)11-20(15)32-21-19-13-30-34(10-9-33(2)3)22(19)29-14-28-21/h4-8,11-14H,9-10H2,1-3H3,(H,31,35)(H,28,29,32). The van der Waals surface area contributed by atoms with Crippen molar-refractivity contribution in [2.75, 3.05) is 31.3 Å². The summed E-state index contributed by atoms with van der Waals surface area (Å²) in [6.45, 7) is 3.33. The van der Waals surface area contributed by atoms with Gasteiger partial charge in [-0.05, 0) is 56.9 Å². The molecule has 4 aromatic rings. The number of rotatable bonds is 7. The summed E-state index contributed by atoms with van der Waals surface area (Å²) < 4.78 is 40.8. The van der Waals surface area contributed by atoms with Crippen LogP contribution in [-0.2, 0) is 12.7 Å². The van der Waals surface area contributed by atoms with Crippen LogP contribution in [0.25, 0.3) is 11.0 Å². The molecule has 0 aliphatic heterocycles. The highest BCUT2D eigenvalue weighted by Gasteiger charge is 2.30. The van der Waals surface area contributed by atoms with Crippen LogP contribution < -0.4 is 10.6 Å². The van der Waals surface area contributed by atoms with E-state index in [-0.39, 0.29) is 11.3 Å². The molecular weight excluding hydrogens is 459 g/mol. The molecule has 0 spiro atoms. The molecule has 2 aromatic heterocycles. The second-order valence-electron chi connectivity index (χ2n) is 8.32. The van der Waals surface area contributed by atoms with Crippen LogP contribution in [0.2, 0.25) is 0 Å². The number of nitrogens with one attached hydrogen (secondary N) is 2. The Hall–Kier alpha value is -3.99. The van der Waals surface area contributed by atoms with Gasteiger partial charge in [-0.15, -0.1) is 0 Å². The van der Waals surface area contributed by atoms with E-state index in [1.807, 2.05) is 25.9 Å². The molecule has 182 valence electrons. The second kappa shape index (κ2) is 9.71. The van der Waals surface area contributed by atoms with Gasteiger partial charge in [-0.25, -0.2) is 14.6 Å². The van der Waals surface area contributed by atoms with Crippen molar-refractivity contribution in [3.63, 3.8) is 0 Å². The minimum atomic E-state index is -4.50. The SMILES string of the molecule is Cc1ccc(C(=O)Nc2cccc(C(F)(F)F)c2)cc1Nc1ncnc2c1cnn2CCN(C)C. The molecule has 35 heavy (non-hydrogen) atoms. The Morgan fingerprint density at radius 1 is 1.11 bits per heavy atom. The third kappa shape index (κ3) is 5.57. The fraction of sp³-hybridized carbons (Fsp3) is 0.250.